The molecule has 4 heteroatoms. The van der Waals surface area contributed by atoms with Gasteiger partial charge in [-0.15, -0.1) is 0 Å². The fraction of sp³-hybridized carbons (Fsp3) is 0.618. The van der Waals surface area contributed by atoms with E-state index < -0.39 is 0 Å². The van der Waals surface area contributed by atoms with Crippen LogP contribution in [0.5, 0.6) is 5.75 Å². The number of nitrogens with zero attached hydrogens (tertiary/aromatic N) is 2. The smallest absolute Gasteiger partial charge is 0.136 e. The minimum absolute atomic E-state index is 0.140. The third-order valence-corrected chi connectivity index (χ3v) is 8.32. The molecule has 0 saturated heterocycles. The molecule has 0 N–H and O–H groups in total. The molecule has 1 aliphatic heterocycles. The predicted octanol–water partition coefficient (Wildman–Crippen LogP) is 8.93. The first-order valence-electron chi connectivity index (χ1n) is 14.8. The molecule has 1 heterocycles. The Labute approximate surface area is 231 Å². The number of hydrogen-bond acceptors (Lipinski definition) is 4. The summed E-state index contributed by atoms with van der Waals surface area (Å²) in [7, 11) is 0. The molecule has 2 aliphatic rings. The minimum atomic E-state index is -0.346. The third-order valence-electron chi connectivity index (χ3n) is 8.32. The molecule has 1 atom stereocenters. The van der Waals surface area contributed by atoms with Crippen LogP contribution < -0.4 is 4.74 Å². The minimum Gasteiger partial charge on any atom is -0.491 e. The summed E-state index contributed by atoms with van der Waals surface area (Å²) in [5.41, 5.74) is 4.68. The molecule has 1 fully saturated rings. The molecule has 1 saturated carbocycles. The largest absolute Gasteiger partial charge is 0.491 e. The summed E-state index contributed by atoms with van der Waals surface area (Å²) >= 11 is 0. The van der Waals surface area contributed by atoms with E-state index in [1.54, 1.807) is 0 Å². The van der Waals surface area contributed by atoms with Crippen molar-refractivity contribution in [2.24, 2.45) is 22.2 Å². The van der Waals surface area contributed by atoms with Gasteiger partial charge >= 0.3 is 0 Å². The number of ether oxygens (including phenoxy) is 1. The zero-order chi connectivity index (χ0) is 27.5. The lowest BCUT2D eigenvalue weighted by Crippen LogP contribution is -2.55. The normalized spacial score (nSPS) is 23.6. The second-order valence-electron chi connectivity index (χ2n) is 13.4. The number of benzene rings is 2. The van der Waals surface area contributed by atoms with Crippen molar-refractivity contribution < 1.29 is 9.57 Å². The summed E-state index contributed by atoms with van der Waals surface area (Å²) in [5.74, 6) is 2.34. The molecular formula is C34H50N2O2. The Bertz CT molecular complexity index is 1070. The predicted molar refractivity (Wildman–Crippen MR) is 159 cm³/mol. The Morgan fingerprint density at radius 3 is 2.32 bits per heavy atom. The number of aliphatic imine (C=N–C) groups is 1. The van der Waals surface area contributed by atoms with Crippen LogP contribution in [0.1, 0.15) is 110 Å². The van der Waals surface area contributed by atoms with Gasteiger partial charge in [-0.25, -0.2) is 0 Å². The van der Waals surface area contributed by atoms with E-state index in [2.05, 4.69) is 103 Å². The van der Waals surface area contributed by atoms with Gasteiger partial charge in [-0.3, -0.25) is 9.83 Å². The molecule has 2 aromatic rings. The number of aryl methyl sites for hydroxylation is 1. The maximum atomic E-state index is 6.83. The Hall–Kier alpha value is -2.17. The molecule has 4 rings (SSSR count). The summed E-state index contributed by atoms with van der Waals surface area (Å²) in [6.07, 6.45) is 6.74. The van der Waals surface area contributed by atoms with Crippen LogP contribution in [0, 0.1) is 24.2 Å². The SMILES string of the molecule is Cc1ccc(C(CCC(C)(C)C)N2OCC(c3cccc(OC(C)C)c3)=NC23CCC(C(C)C)CC3)cc1. The second kappa shape index (κ2) is 11.9. The van der Waals surface area contributed by atoms with Crippen molar-refractivity contribution in [3.05, 3.63) is 65.2 Å². The zero-order valence-electron chi connectivity index (χ0n) is 25.1. The van der Waals surface area contributed by atoms with Crippen LogP contribution in [0.2, 0.25) is 0 Å². The summed E-state index contributed by atoms with van der Waals surface area (Å²) in [4.78, 5) is 12.4. The van der Waals surface area contributed by atoms with Crippen molar-refractivity contribution in [3.8, 4) is 5.75 Å². The van der Waals surface area contributed by atoms with Gasteiger partial charge in [0.2, 0.25) is 0 Å². The first-order valence-corrected chi connectivity index (χ1v) is 14.8. The van der Waals surface area contributed by atoms with E-state index in [0.717, 1.165) is 48.6 Å². The fourth-order valence-electron chi connectivity index (χ4n) is 6.01. The molecule has 4 nitrogen and oxygen atoms in total. The molecule has 0 radical (unpaired) electrons. The van der Waals surface area contributed by atoms with Gasteiger partial charge in [-0.05, 0) is 94.2 Å². The van der Waals surface area contributed by atoms with Crippen LogP contribution in [-0.2, 0) is 4.84 Å². The number of hydrogen-bond donors (Lipinski definition) is 0. The van der Waals surface area contributed by atoms with Crippen molar-refractivity contribution in [1.82, 2.24) is 5.06 Å². The first kappa shape index (κ1) is 28.8. The highest BCUT2D eigenvalue weighted by Crippen LogP contribution is 2.47. The van der Waals surface area contributed by atoms with Gasteiger partial charge in [0, 0.05) is 5.56 Å². The third kappa shape index (κ3) is 7.07. The van der Waals surface area contributed by atoms with Crippen LogP contribution >= 0.6 is 0 Å². The highest BCUT2D eigenvalue weighted by molar-refractivity contribution is 6.02. The number of hydroxylamine groups is 2. The van der Waals surface area contributed by atoms with Gasteiger partial charge in [0.15, 0.2) is 0 Å². The lowest BCUT2D eigenvalue weighted by atomic mass is 9.75. The van der Waals surface area contributed by atoms with E-state index in [1.807, 2.05) is 6.07 Å². The Morgan fingerprint density at radius 2 is 1.71 bits per heavy atom. The van der Waals surface area contributed by atoms with E-state index in [9.17, 15) is 0 Å². The quantitative estimate of drug-likeness (QED) is 0.350. The van der Waals surface area contributed by atoms with Gasteiger partial charge < -0.3 is 4.74 Å². The van der Waals surface area contributed by atoms with Gasteiger partial charge in [-0.2, -0.15) is 5.06 Å². The maximum Gasteiger partial charge on any atom is 0.136 e. The summed E-state index contributed by atoms with van der Waals surface area (Å²) in [5, 5.41) is 2.33. The Kier molecular flexibility index (Phi) is 9.04. The van der Waals surface area contributed by atoms with Crippen molar-refractivity contribution in [2.45, 2.75) is 112 Å². The lowest BCUT2D eigenvalue weighted by molar-refractivity contribution is -0.258. The van der Waals surface area contributed by atoms with Crippen molar-refractivity contribution in [2.75, 3.05) is 6.61 Å². The van der Waals surface area contributed by atoms with E-state index >= 15 is 0 Å². The van der Waals surface area contributed by atoms with Gasteiger partial charge in [-0.1, -0.05) is 76.6 Å². The standard InChI is InChI=1S/C34H50N2O2/c1-24(2)27-16-20-34(21-17-27)35-31(29-10-9-11-30(22-29)38-25(3)4)23-37-36(34)32(18-19-33(6,7)8)28-14-12-26(5)13-15-28/h9-15,22,24-25,27,32H,16-21,23H2,1-8H3. The molecule has 0 aromatic heterocycles. The van der Waals surface area contributed by atoms with Crippen LogP contribution in [0.4, 0.5) is 0 Å². The summed E-state index contributed by atoms with van der Waals surface area (Å²) in [6, 6.07) is 17.6. The highest BCUT2D eigenvalue weighted by atomic mass is 16.7. The highest BCUT2D eigenvalue weighted by Gasteiger charge is 2.47. The topological polar surface area (TPSA) is 34.1 Å². The molecule has 0 bridgehead atoms. The molecule has 1 unspecified atom stereocenters. The summed E-state index contributed by atoms with van der Waals surface area (Å²) < 4.78 is 6.01. The van der Waals surface area contributed by atoms with E-state index in [4.69, 9.17) is 14.6 Å². The van der Waals surface area contributed by atoms with Crippen LogP contribution in [0.15, 0.2) is 53.5 Å². The molecule has 1 spiro atoms. The molecule has 1 aliphatic carbocycles. The maximum absolute atomic E-state index is 6.83. The van der Waals surface area contributed by atoms with Crippen molar-refractivity contribution in [1.29, 1.82) is 0 Å². The summed E-state index contributed by atoms with van der Waals surface area (Å²) in [6.45, 7) is 18.5. The fourth-order valence-corrected chi connectivity index (χ4v) is 6.01. The van der Waals surface area contributed by atoms with Crippen LogP contribution in [0.3, 0.4) is 0 Å². The average Bonchev–Trinajstić information content (AvgIpc) is 2.85. The van der Waals surface area contributed by atoms with Crippen LogP contribution in [0.25, 0.3) is 0 Å². The molecule has 0 amide bonds. The molecule has 38 heavy (non-hydrogen) atoms. The van der Waals surface area contributed by atoms with E-state index in [-0.39, 0.29) is 23.2 Å². The molecule has 208 valence electrons. The van der Waals surface area contributed by atoms with Gasteiger partial charge in [0.05, 0.1) is 17.9 Å². The zero-order valence-corrected chi connectivity index (χ0v) is 25.1. The number of rotatable bonds is 8. The average molecular weight is 519 g/mol. The van der Waals surface area contributed by atoms with Crippen LogP contribution in [-0.4, -0.2) is 29.1 Å². The Morgan fingerprint density at radius 1 is 1.03 bits per heavy atom. The Balaban J connectivity index is 1.73. The molecule has 2 aromatic carbocycles. The van der Waals surface area contributed by atoms with Gasteiger partial charge in [0.25, 0.3) is 0 Å². The first-order chi connectivity index (χ1) is 18.0. The van der Waals surface area contributed by atoms with Gasteiger partial charge in [0.1, 0.15) is 18.0 Å². The van der Waals surface area contributed by atoms with E-state index in [1.165, 1.54) is 24.0 Å². The van der Waals surface area contributed by atoms with Crippen molar-refractivity contribution in [3.63, 3.8) is 0 Å². The second-order valence-corrected chi connectivity index (χ2v) is 13.4. The molecular weight excluding hydrogens is 468 g/mol. The van der Waals surface area contributed by atoms with Crippen molar-refractivity contribution >= 4 is 5.71 Å². The monoisotopic (exact) mass is 518 g/mol. The van der Waals surface area contributed by atoms with E-state index in [0.29, 0.717) is 12.5 Å². The lowest BCUT2D eigenvalue weighted by Gasteiger charge is -2.50.